The van der Waals surface area contributed by atoms with Crippen molar-refractivity contribution in [3.8, 4) is 0 Å². The Labute approximate surface area is 144 Å². The Kier molecular flexibility index (Phi) is 3.69. The van der Waals surface area contributed by atoms with Gasteiger partial charge in [0.15, 0.2) is 0 Å². The molecule has 4 rings (SSSR count). The molecule has 0 aliphatic heterocycles. The molecule has 0 bridgehead atoms. The fraction of sp³-hybridized carbons (Fsp3) is 0.105. The van der Waals surface area contributed by atoms with E-state index in [2.05, 4.69) is 39.3 Å². The van der Waals surface area contributed by atoms with E-state index in [1.54, 1.807) is 0 Å². The monoisotopic (exact) mass is 332 g/mol. The minimum absolute atomic E-state index is 0.366. The second-order valence-electron chi connectivity index (χ2n) is 5.79. The fourth-order valence-electron chi connectivity index (χ4n) is 3.09. The molecule has 1 heterocycles. The molecule has 0 fully saturated rings. The van der Waals surface area contributed by atoms with E-state index in [1.807, 2.05) is 30.3 Å². The van der Waals surface area contributed by atoms with Crippen LogP contribution in [0.2, 0.25) is 5.15 Å². The lowest BCUT2D eigenvalue weighted by Gasteiger charge is -2.07. The molecule has 0 spiro atoms. The van der Waals surface area contributed by atoms with Gasteiger partial charge in [-0.2, -0.15) is 0 Å². The fourth-order valence-corrected chi connectivity index (χ4v) is 3.35. The van der Waals surface area contributed by atoms with Gasteiger partial charge in [-0.3, -0.25) is 0 Å². The van der Waals surface area contributed by atoms with Crippen molar-refractivity contribution in [2.75, 3.05) is 0 Å². The van der Waals surface area contributed by atoms with Crippen LogP contribution in [0.25, 0.3) is 33.0 Å². The Morgan fingerprint density at radius 2 is 2.04 bits per heavy atom. The highest BCUT2D eigenvalue weighted by atomic mass is 35.5. The van der Waals surface area contributed by atoms with Crippen molar-refractivity contribution in [3.63, 3.8) is 0 Å². The van der Waals surface area contributed by atoms with Crippen LogP contribution in [0.3, 0.4) is 0 Å². The first-order valence-electron chi connectivity index (χ1n) is 7.63. The molecule has 1 aliphatic carbocycles. The summed E-state index contributed by atoms with van der Waals surface area (Å²) in [6.07, 6.45) is 2.98. The Morgan fingerprint density at radius 1 is 1.17 bits per heavy atom. The maximum Gasteiger partial charge on any atom is 0.137 e. The maximum atomic E-state index is 8.45. The van der Waals surface area contributed by atoms with E-state index in [-0.39, 0.29) is 0 Å². The average molecular weight is 333 g/mol. The number of allylic oxidation sites excluding steroid dienone is 1. The molecular formula is C19H13ClN4. The molecule has 3 aromatic rings. The Bertz CT molecular complexity index is 1030. The largest absolute Gasteiger partial charge is 0.235 e. The second kappa shape index (κ2) is 6.00. The second-order valence-corrected chi connectivity index (χ2v) is 6.15. The molecule has 0 radical (unpaired) electrons. The van der Waals surface area contributed by atoms with Crippen molar-refractivity contribution in [2.24, 2.45) is 5.11 Å². The van der Waals surface area contributed by atoms with Crippen molar-refractivity contribution >= 4 is 34.2 Å². The number of pyridine rings is 1. The number of azide groups is 1. The minimum Gasteiger partial charge on any atom is -0.235 e. The normalized spacial score (nSPS) is 12.6. The molecule has 1 aliphatic rings. The molecule has 2 aromatic carbocycles. The summed E-state index contributed by atoms with van der Waals surface area (Å²) in [6, 6.07) is 16.2. The zero-order chi connectivity index (χ0) is 16.5. The van der Waals surface area contributed by atoms with E-state index in [0.717, 1.165) is 39.6 Å². The van der Waals surface area contributed by atoms with Gasteiger partial charge in [0.05, 0.1) is 12.1 Å². The van der Waals surface area contributed by atoms with Gasteiger partial charge >= 0.3 is 0 Å². The van der Waals surface area contributed by atoms with E-state index in [0.29, 0.717) is 11.7 Å². The molecule has 0 N–H and O–H groups in total. The zero-order valence-corrected chi connectivity index (χ0v) is 13.5. The molecule has 5 heteroatoms. The zero-order valence-electron chi connectivity index (χ0n) is 12.8. The van der Waals surface area contributed by atoms with Crippen LogP contribution >= 0.6 is 11.6 Å². The number of halogens is 1. The number of rotatable bonds is 3. The molecule has 0 atom stereocenters. The van der Waals surface area contributed by atoms with Crippen LogP contribution < -0.4 is 0 Å². The van der Waals surface area contributed by atoms with Crippen LogP contribution in [0.15, 0.2) is 53.6 Å². The van der Waals surface area contributed by atoms with E-state index >= 15 is 0 Å². The quantitative estimate of drug-likeness (QED) is 0.259. The lowest BCUT2D eigenvalue weighted by Crippen LogP contribution is -1.91. The Morgan fingerprint density at radius 3 is 2.92 bits per heavy atom. The van der Waals surface area contributed by atoms with Crippen LogP contribution in [0.1, 0.15) is 22.3 Å². The third kappa shape index (κ3) is 2.62. The lowest BCUT2D eigenvalue weighted by molar-refractivity contribution is 1.04. The van der Waals surface area contributed by atoms with Gasteiger partial charge in [0.25, 0.3) is 0 Å². The van der Waals surface area contributed by atoms with E-state index in [9.17, 15) is 0 Å². The van der Waals surface area contributed by atoms with E-state index < -0.39 is 0 Å². The molecule has 116 valence electrons. The molecule has 24 heavy (non-hydrogen) atoms. The highest BCUT2D eigenvalue weighted by Crippen LogP contribution is 2.36. The number of fused-ring (bicyclic) bond motifs is 2. The average Bonchev–Trinajstić information content (AvgIpc) is 3.02. The number of hydrogen-bond acceptors (Lipinski definition) is 2. The predicted octanol–water partition coefficient (Wildman–Crippen LogP) is 5.80. The number of nitrogens with zero attached hydrogens (tertiary/aromatic N) is 4. The predicted molar refractivity (Wildman–Crippen MR) is 97.6 cm³/mol. The molecule has 0 unspecified atom stereocenters. The van der Waals surface area contributed by atoms with Crippen molar-refractivity contribution in [3.05, 3.63) is 86.4 Å². The van der Waals surface area contributed by atoms with Crippen LogP contribution in [0, 0.1) is 0 Å². The van der Waals surface area contributed by atoms with Gasteiger partial charge in [0.1, 0.15) is 5.15 Å². The van der Waals surface area contributed by atoms with Crippen molar-refractivity contribution in [2.45, 2.75) is 13.0 Å². The molecule has 4 nitrogen and oxygen atoms in total. The maximum absolute atomic E-state index is 8.45. The van der Waals surface area contributed by atoms with Gasteiger partial charge in [0, 0.05) is 15.9 Å². The van der Waals surface area contributed by atoms with Gasteiger partial charge in [-0.1, -0.05) is 59.2 Å². The Balaban J connectivity index is 1.75. The van der Waals surface area contributed by atoms with Gasteiger partial charge in [-0.15, -0.1) is 0 Å². The molecule has 0 saturated carbocycles. The lowest BCUT2D eigenvalue weighted by atomic mass is 10.0. The van der Waals surface area contributed by atoms with Gasteiger partial charge in [-0.25, -0.2) is 4.98 Å². The van der Waals surface area contributed by atoms with Crippen LogP contribution in [0.4, 0.5) is 0 Å². The number of benzene rings is 2. The topological polar surface area (TPSA) is 61.7 Å². The van der Waals surface area contributed by atoms with Gasteiger partial charge < -0.3 is 0 Å². The van der Waals surface area contributed by atoms with E-state index in [1.165, 1.54) is 5.56 Å². The summed E-state index contributed by atoms with van der Waals surface area (Å²) >= 11 is 6.42. The van der Waals surface area contributed by atoms with Crippen molar-refractivity contribution < 1.29 is 0 Å². The first-order chi connectivity index (χ1) is 11.7. The third-order valence-corrected chi connectivity index (χ3v) is 4.55. The van der Waals surface area contributed by atoms with Gasteiger partial charge in [-0.05, 0) is 46.3 Å². The van der Waals surface area contributed by atoms with Crippen molar-refractivity contribution in [1.29, 1.82) is 0 Å². The third-order valence-electron chi connectivity index (χ3n) is 4.26. The summed E-state index contributed by atoms with van der Waals surface area (Å²) < 4.78 is 0. The minimum atomic E-state index is 0.366. The number of hydrogen-bond donors (Lipinski definition) is 0. The van der Waals surface area contributed by atoms with Crippen molar-refractivity contribution in [1.82, 2.24) is 4.98 Å². The first kappa shape index (κ1) is 14.8. The molecule has 1 aromatic heterocycles. The number of para-hydroxylation sites is 1. The molecular weight excluding hydrogens is 320 g/mol. The smallest absolute Gasteiger partial charge is 0.137 e. The summed E-state index contributed by atoms with van der Waals surface area (Å²) in [5, 5.41) is 5.23. The standard InChI is InChI=1S/C19H13ClN4/c20-19-17(10-14-3-1-2-4-18(14)23-19)16-8-13-6-5-12(11-22-24-21)7-15(13)9-16/h1-7,9-10H,8,11H2. The first-order valence-corrected chi connectivity index (χ1v) is 8.01. The summed E-state index contributed by atoms with van der Waals surface area (Å²) in [7, 11) is 0. The van der Waals surface area contributed by atoms with Crippen LogP contribution in [-0.4, -0.2) is 4.98 Å². The number of aromatic nitrogens is 1. The summed E-state index contributed by atoms with van der Waals surface area (Å²) in [6.45, 7) is 0.366. The van der Waals surface area contributed by atoms with Crippen LogP contribution in [0.5, 0.6) is 0 Å². The summed E-state index contributed by atoms with van der Waals surface area (Å²) in [5.41, 5.74) is 14.9. The Hall–Kier alpha value is -2.81. The highest BCUT2D eigenvalue weighted by molar-refractivity contribution is 6.32. The molecule has 0 amide bonds. The van der Waals surface area contributed by atoms with E-state index in [4.69, 9.17) is 17.1 Å². The SMILES string of the molecule is [N-]=[N+]=NCc1ccc2c(c1)C=C(c1cc3ccccc3nc1Cl)C2. The summed E-state index contributed by atoms with van der Waals surface area (Å²) in [5.74, 6) is 0. The summed E-state index contributed by atoms with van der Waals surface area (Å²) in [4.78, 5) is 7.32. The van der Waals surface area contributed by atoms with Gasteiger partial charge in [0.2, 0.25) is 0 Å². The highest BCUT2D eigenvalue weighted by Gasteiger charge is 2.17. The van der Waals surface area contributed by atoms with Crippen LogP contribution in [-0.2, 0) is 13.0 Å². The molecule has 0 saturated heterocycles.